The third kappa shape index (κ3) is 3.70. The van der Waals surface area contributed by atoms with Crippen LogP contribution >= 0.6 is 0 Å². The van der Waals surface area contributed by atoms with E-state index in [1.807, 2.05) is 33.8 Å². The lowest BCUT2D eigenvalue weighted by Gasteiger charge is -2.32. The van der Waals surface area contributed by atoms with Crippen LogP contribution in [0.1, 0.15) is 53.0 Å². The van der Waals surface area contributed by atoms with Crippen molar-refractivity contribution in [2.24, 2.45) is 0 Å². The van der Waals surface area contributed by atoms with E-state index in [1.165, 1.54) is 12.1 Å². The molecule has 2 rings (SSSR count). The molecule has 0 radical (unpaired) electrons. The quantitative estimate of drug-likeness (QED) is 0.647. The minimum absolute atomic E-state index is 0.262. The van der Waals surface area contributed by atoms with Crippen molar-refractivity contribution in [2.75, 3.05) is 6.54 Å². The van der Waals surface area contributed by atoms with Gasteiger partial charge >= 0.3 is 7.12 Å². The number of benzene rings is 1. The minimum atomic E-state index is -0.524. The van der Waals surface area contributed by atoms with Crippen molar-refractivity contribution in [2.45, 2.75) is 65.2 Å². The van der Waals surface area contributed by atoms with Crippen LogP contribution < -0.4 is 10.8 Å². The Kier molecular flexibility index (Phi) is 5.31. The van der Waals surface area contributed by atoms with E-state index < -0.39 is 18.3 Å². The topological polar surface area (TPSA) is 30.5 Å². The van der Waals surface area contributed by atoms with E-state index >= 15 is 0 Å². The molecule has 0 atom stereocenters. The Morgan fingerprint density at radius 1 is 1.14 bits per heavy atom. The molecule has 1 aromatic carbocycles. The highest BCUT2D eigenvalue weighted by Crippen LogP contribution is 2.36. The number of hydrogen-bond donors (Lipinski definition) is 1. The molecule has 1 aliphatic rings. The fourth-order valence-electron chi connectivity index (χ4n) is 2.44. The summed E-state index contributed by atoms with van der Waals surface area (Å²) in [6.07, 6.45) is 2.29. The molecule has 1 aromatic rings. The van der Waals surface area contributed by atoms with Crippen LogP contribution in [0.5, 0.6) is 0 Å². The van der Waals surface area contributed by atoms with Gasteiger partial charge in [-0.15, -0.1) is 0 Å². The van der Waals surface area contributed by atoms with Crippen molar-refractivity contribution in [1.29, 1.82) is 0 Å². The highest BCUT2D eigenvalue weighted by atomic mass is 19.1. The summed E-state index contributed by atoms with van der Waals surface area (Å²) in [5, 5.41) is 3.39. The monoisotopic (exact) mass is 307 g/mol. The highest BCUT2D eigenvalue weighted by molar-refractivity contribution is 6.62. The molecule has 0 bridgehead atoms. The second-order valence-corrected chi connectivity index (χ2v) is 6.96. The second-order valence-electron chi connectivity index (χ2n) is 6.96. The van der Waals surface area contributed by atoms with Crippen molar-refractivity contribution in [1.82, 2.24) is 5.32 Å². The molecule has 0 aromatic heterocycles. The standard InChI is InChI=1S/C17H27BFNO2/c1-6-7-10-20-12-13-8-9-14(19)11-15(13)18-21-16(2,3)17(4,5)22-18/h8-9,11,20H,6-7,10,12H2,1-5H3. The van der Waals surface area contributed by atoms with Crippen LogP contribution in [0.3, 0.4) is 0 Å². The molecule has 5 heteroatoms. The molecule has 3 nitrogen and oxygen atoms in total. The van der Waals surface area contributed by atoms with Crippen molar-refractivity contribution in [3.8, 4) is 0 Å². The largest absolute Gasteiger partial charge is 0.495 e. The van der Waals surface area contributed by atoms with Crippen LogP contribution in [-0.2, 0) is 15.9 Å². The maximum absolute atomic E-state index is 13.7. The lowest BCUT2D eigenvalue weighted by atomic mass is 9.76. The Hall–Kier alpha value is -0.905. The molecule has 0 saturated carbocycles. The second kappa shape index (κ2) is 6.69. The van der Waals surface area contributed by atoms with Crippen molar-refractivity contribution >= 4 is 12.6 Å². The first-order valence-electron chi connectivity index (χ1n) is 8.11. The van der Waals surface area contributed by atoms with Crippen LogP contribution in [0.25, 0.3) is 0 Å². The Morgan fingerprint density at radius 3 is 2.36 bits per heavy atom. The Bertz CT molecular complexity index is 503. The summed E-state index contributed by atoms with van der Waals surface area (Å²) < 4.78 is 25.8. The molecule has 1 saturated heterocycles. The summed E-state index contributed by atoms with van der Waals surface area (Å²) in [4.78, 5) is 0. The molecule has 0 amide bonds. The van der Waals surface area contributed by atoms with Gasteiger partial charge in [-0.05, 0) is 63.8 Å². The number of unbranched alkanes of at least 4 members (excludes halogenated alkanes) is 1. The fourth-order valence-corrected chi connectivity index (χ4v) is 2.44. The van der Waals surface area contributed by atoms with Gasteiger partial charge in [0.1, 0.15) is 5.82 Å². The van der Waals surface area contributed by atoms with E-state index in [2.05, 4.69) is 12.2 Å². The zero-order valence-corrected chi connectivity index (χ0v) is 14.3. The summed E-state index contributed by atoms with van der Waals surface area (Å²) in [5.41, 5.74) is 0.965. The van der Waals surface area contributed by atoms with Gasteiger partial charge < -0.3 is 14.6 Å². The van der Waals surface area contributed by atoms with E-state index in [0.717, 1.165) is 30.4 Å². The van der Waals surface area contributed by atoms with Crippen LogP contribution in [0.4, 0.5) is 4.39 Å². The molecule has 1 fully saturated rings. The van der Waals surface area contributed by atoms with Crippen molar-refractivity contribution in [3.63, 3.8) is 0 Å². The summed E-state index contributed by atoms with van der Waals surface area (Å²) in [6.45, 7) is 11.8. The van der Waals surface area contributed by atoms with Gasteiger partial charge in [-0.2, -0.15) is 0 Å². The fraction of sp³-hybridized carbons (Fsp3) is 0.647. The van der Waals surface area contributed by atoms with Gasteiger partial charge in [0.25, 0.3) is 0 Å². The highest BCUT2D eigenvalue weighted by Gasteiger charge is 2.52. The molecular formula is C17H27BFNO2. The van der Waals surface area contributed by atoms with Gasteiger partial charge in [0.15, 0.2) is 0 Å². The predicted molar refractivity (Wildman–Crippen MR) is 88.7 cm³/mol. The van der Waals surface area contributed by atoms with Crippen LogP contribution in [0.15, 0.2) is 18.2 Å². The molecular weight excluding hydrogens is 280 g/mol. The van der Waals surface area contributed by atoms with E-state index in [0.29, 0.717) is 6.54 Å². The summed E-state index contributed by atoms with van der Waals surface area (Å²) in [5.74, 6) is -0.262. The summed E-state index contributed by atoms with van der Waals surface area (Å²) >= 11 is 0. The van der Waals surface area contributed by atoms with Gasteiger partial charge in [-0.25, -0.2) is 4.39 Å². The Balaban J connectivity index is 2.18. The first-order chi connectivity index (χ1) is 10.3. The maximum Gasteiger partial charge on any atom is 0.495 e. The van der Waals surface area contributed by atoms with Gasteiger partial charge in [0.2, 0.25) is 0 Å². The molecule has 1 heterocycles. The molecule has 1 N–H and O–H groups in total. The Morgan fingerprint density at radius 2 is 1.77 bits per heavy atom. The van der Waals surface area contributed by atoms with E-state index in [-0.39, 0.29) is 5.82 Å². The van der Waals surface area contributed by atoms with Gasteiger partial charge in [0, 0.05) is 6.54 Å². The smallest absolute Gasteiger partial charge is 0.399 e. The summed E-state index contributed by atoms with van der Waals surface area (Å²) in [7, 11) is -0.524. The molecule has 0 unspecified atom stereocenters. The van der Waals surface area contributed by atoms with Gasteiger partial charge in [-0.1, -0.05) is 19.4 Å². The SMILES string of the molecule is CCCCNCc1ccc(F)cc1B1OC(C)(C)C(C)(C)O1. The number of halogens is 1. The number of hydrogen-bond acceptors (Lipinski definition) is 3. The first kappa shape index (κ1) is 17.4. The third-order valence-corrected chi connectivity index (χ3v) is 4.64. The molecule has 1 aliphatic heterocycles. The zero-order valence-electron chi connectivity index (χ0n) is 14.3. The lowest BCUT2D eigenvalue weighted by Crippen LogP contribution is -2.41. The summed E-state index contributed by atoms with van der Waals surface area (Å²) in [6, 6.07) is 4.83. The van der Waals surface area contributed by atoms with Crippen molar-refractivity contribution in [3.05, 3.63) is 29.6 Å². The molecule has 22 heavy (non-hydrogen) atoms. The molecule has 0 spiro atoms. The van der Waals surface area contributed by atoms with Crippen molar-refractivity contribution < 1.29 is 13.7 Å². The number of nitrogens with one attached hydrogen (secondary N) is 1. The third-order valence-electron chi connectivity index (χ3n) is 4.64. The maximum atomic E-state index is 13.7. The minimum Gasteiger partial charge on any atom is -0.399 e. The van der Waals surface area contributed by atoms with Gasteiger partial charge in [-0.3, -0.25) is 0 Å². The van der Waals surface area contributed by atoms with Crippen LogP contribution in [-0.4, -0.2) is 24.9 Å². The first-order valence-corrected chi connectivity index (χ1v) is 8.11. The van der Waals surface area contributed by atoms with Gasteiger partial charge in [0.05, 0.1) is 11.2 Å². The van der Waals surface area contributed by atoms with Crippen LogP contribution in [0.2, 0.25) is 0 Å². The predicted octanol–water partition coefficient (Wildman–Crippen LogP) is 3.01. The molecule has 0 aliphatic carbocycles. The molecule has 122 valence electrons. The van der Waals surface area contributed by atoms with E-state index in [9.17, 15) is 4.39 Å². The Labute approximate surface area is 133 Å². The average Bonchev–Trinajstić information content (AvgIpc) is 2.65. The number of rotatable bonds is 6. The van der Waals surface area contributed by atoms with Crippen LogP contribution in [0, 0.1) is 5.82 Å². The van der Waals surface area contributed by atoms with E-state index in [1.54, 1.807) is 0 Å². The zero-order chi connectivity index (χ0) is 16.4. The lowest BCUT2D eigenvalue weighted by molar-refractivity contribution is 0.00578. The normalized spacial score (nSPS) is 19.6. The van der Waals surface area contributed by atoms with E-state index in [4.69, 9.17) is 9.31 Å². The average molecular weight is 307 g/mol.